The van der Waals surface area contributed by atoms with Crippen LogP contribution in [0.25, 0.3) is 0 Å². The summed E-state index contributed by atoms with van der Waals surface area (Å²) in [5.41, 5.74) is 3.95. The van der Waals surface area contributed by atoms with Crippen molar-refractivity contribution in [1.29, 1.82) is 0 Å². The smallest absolute Gasteiger partial charge is 0.264 e. The lowest BCUT2D eigenvalue weighted by atomic mass is 10.1. The van der Waals surface area contributed by atoms with Gasteiger partial charge in [-0.05, 0) is 74.7 Å². The molecule has 0 saturated carbocycles. The molecule has 0 unspecified atom stereocenters. The molecule has 0 aromatic heterocycles. The zero-order valence-electron chi connectivity index (χ0n) is 19.8. The molecular weight excluding hydrogens is 472 g/mol. The Morgan fingerprint density at radius 3 is 2.35 bits per heavy atom. The summed E-state index contributed by atoms with van der Waals surface area (Å²) in [5, 5.41) is 3.17. The molecule has 180 valence electrons. The third-order valence-corrected chi connectivity index (χ3v) is 7.61. The molecule has 0 spiro atoms. The fraction of sp³-hybridized carbons (Fsp3) is 0.269. The van der Waals surface area contributed by atoms with Crippen LogP contribution in [0.2, 0.25) is 5.02 Å². The largest absolute Gasteiger partial charge is 0.491 e. The molecule has 0 atom stereocenters. The molecule has 3 rings (SSSR count). The zero-order chi connectivity index (χ0) is 24.9. The van der Waals surface area contributed by atoms with Crippen molar-refractivity contribution in [3.05, 3.63) is 87.9 Å². The van der Waals surface area contributed by atoms with Gasteiger partial charge in [0.1, 0.15) is 18.9 Å². The van der Waals surface area contributed by atoms with Crippen LogP contribution in [0, 0.1) is 27.7 Å². The average Bonchev–Trinajstić information content (AvgIpc) is 2.79. The van der Waals surface area contributed by atoms with Crippen molar-refractivity contribution in [2.24, 2.45) is 0 Å². The minimum absolute atomic E-state index is 0.100. The molecule has 0 radical (unpaired) electrons. The number of aryl methyl sites for hydroxylation is 3. The van der Waals surface area contributed by atoms with Gasteiger partial charge in [-0.1, -0.05) is 47.5 Å². The van der Waals surface area contributed by atoms with Crippen LogP contribution >= 0.6 is 11.6 Å². The fourth-order valence-electron chi connectivity index (χ4n) is 3.40. The summed E-state index contributed by atoms with van der Waals surface area (Å²) in [6.45, 7) is 7.65. The normalized spacial score (nSPS) is 11.2. The van der Waals surface area contributed by atoms with Crippen molar-refractivity contribution in [2.75, 3.05) is 24.0 Å². The minimum atomic E-state index is -4.01. The van der Waals surface area contributed by atoms with E-state index >= 15 is 0 Å². The van der Waals surface area contributed by atoms with E-state index in [0.29, 0.717) is 16.3 Å². The molecule has 0 fully saturated rings. The van der Waals surface area contributed by atoms with E-state index < -0.39 is 15.9 Å². The van der Waals surface area contributed by atoms with E-state index in [1.165, 1.54) is 12.1 Å². The van der Waals surface area contributed by atoms with E-state index in [0.717, 1.165) is 26.7 Å². The summed E-state index contributed by atoms with van der Waals surface area (Å²) in [4.78, 5) is 12.9. The van der Waals surface area contributed by atoms with Gasteiger partial charge in [-0.15, -0.1) is 0 Å². The molecule has 0 aliphatic heterocycles. The summed E-state index contributed by atoms with van der Waals surface area (Å²) >= 11 is 6.26. The first kappa shape index (κ1) is 25.6. The van der Waals surface area contributed by atoms with Crippen molar-refractivity contribution in [3.63, 3.8) is 0 Å². The van der Waals surface area contributed by atoms with Gasteiger partial charge in [0.05, 0.1) is 17.1 Å². The highest BCUT2D eigenvalue weighted by molar-refractivity contribution is 7.92. The number of amides is 1. The summed E-state index contributed by atoms with van der Waals surface area (Å²) in [6, 6.07) is 17.4. The van der Waals surface area contributed by atoms with Crippen LogP contribution in [0.5, 0.6) is 5.75 Å². The van der Waals surface area contributed by atoms with Gasteiger partial charge in [-0.25, -0.2) is 8.42 Å². The second-order valence-corrected chi connectivity index (χ2v) is 10.4. The van der Waals surface area contributed by atoms with Crippen molar-refractivity contribution in [1.82, 2.24) is 5.32 Å². The molecular formula is C26H29ClN2O4S. The molecule has 0 heterocycles. The number of carbonyl (C=O) groups is 1. The number of halogens is 1. The Morgan fingerprint density at radius 1 is 0.971 bits per heavy atom. The van der Waals surface area contributed by atoms with Crippen LogP contribution in [-0.4, -0.2) is 34.0 Å². The highest BCUT2D eigenvalue weighted by atomic mass is 35.5. The van der Waals surface area contributed by atoms with Crippen LogP contribution in [0.1, 0.15) is 22.3 Å². The van der Waals surface area contributed by atoms with Crippen molar-refractivity contribution in [3.8, 4) is 5.75 Å². The Bertz CT molecular complexity index is 1270. The summed E-state index contributed by atoms with van der Waals surface area (Å²) < 4.78 is 33.9. The minimum Gasteiger partial charge on any atom is -0.491 e. The number of nitrogens with one attached hydrogen (secondary N) is 1. The predicted molar refractivity (Wildman–Crippen MR) is 136 cm³/mol. The van der Waals surface area contributed by atoms with Gasteiger partial charge < -0.3 is 10.1 Å². The van der Waals surface area contributed by atoms with E-state index in [9.17, 15) is 13.2 Å². The van der Waals surface area contributed by atoms with Crippen LogP contribution in [0.4, 0.5) is 5.69 Å². The maximum absolute atomic E-state index is 13.5. The topological polar surface area (TPSA) is 75.7 Å². The molecule has 1 N–H and O–H groups in total. The summed E-state index contributed by atoms with van der Waals surface area (Å²) in [6.07, 6.45) is 0. The third kappa shape index (κ3) is 6.10. The van der Waals surface area contributed by atoms with Crippen molar-refractivity contribution < 1.29 is 17.9 Å². The SMILES string of the molecule is Cc1ccc(S(=O)(=O)N(CC(=O)NCCOc2cc(C)ccc2C)c2cccc(Cl)c2C)cc1. The van der Waals surface area contributed by atoms with Gasteiger partial charge in [0, 0.05) is 5.02 Å². The average molecular weight is 501 g/mol. The van der Waals surface area contributed by atoms with Crippen LogP contribution < -0.4 is 14.4 Å². The highest BCUT2D eigenvalue weighted by Gasteiger charge is 2.28. The van der Waals surface area contributed by atoms with Crippen molar-refractivity contribution >= 4 is 33.2 Å². The van der Waals surface area contributed by atoms with Gasteiger partial charge in [0.25, 0.3) is 10.0 Å². The molecule has 3 aromatic rings. The van der Waals surface area contributed by atoms with Gasteiger partial charge >= 0.3 is 0 Å². The first-order valence-electron chi connectivity index (χ1n) is 10.9. The standard InChI is InChI=1S/C26H29ClN2O4S/c1-18-9-12-22(13-10-18)34(31,32)29(24-7-5-6-23(27)21(24)4)17-26(30)28-14-15-33-25-16-19(2)8-11-20(25)3/h5-13,16H,14-15,17H2,1-4H3,(H,28,30). The molecule has 34 heavy (non-hydrogen) atoms. The highest BCUT2D eigenvalue weighted by Crippen LogP contribution is 2.30. The van der Waals surface area contributed by atoms with Gasteiger partial charge in [-0.3, -0.25) is 9.10 Å². The van der Waals surface area contributed by atoms with Gasteiger partial charge in [-0.2, -0.15) is 0 Å². The quantitative estimate of drug-likeness (QED) is 0.421. The third-order valence-electron chi connectivity index (χ3n) is 5.43. The Balaban J connectivity index is 1.76. The maximum Gasteiger partial charge on any atom is 0.264 e. The Morgan fingerprint density at radius 2 is 1.65 bits per heavy atom. The summed E-state index contributed by atoms with van der Waals surface area (Å²) in [7, 11) is -4.01. The van der Waals surface area contributed by atoms with E-state index in [4.69, 9.17) is 16.3 Å². The molecule has 0 bridgehead atoms. The van der Waals surface area contributed by atoms with Gasteiger partial charge in [0.15, 0.2) is 0 Å². The molecule has 1 amide bonds. The number of rotatable bonds is 9. The first-order valence-corrected chi connectivity index (χ1v) is 12.7. The molecule has 0 saturated heterocycles. The number of ether oxygens (including phenoxy) is 1. The lowest BCUT2D eigenvalue weighted by Crippen LogP contribution is -2.42. The van der Waals surface area contributed by atoms with Gasteiger partial charge in [0.2, 0.25) is 5.91 Å². The van der Waals surface area contributed by atoms with Crippen molar-refractivity contribution in [2.45, 2.75) is 32.6 Å². The fourth-order valence-corrected chi connectivity index (χ4v) is 5.05. The van der Waals surface area contributed by atoms with E-state index in [1.54, 1.807) is 37.3 Å². The van der Waals surface area contributed by atoms with Crippen LogP contribution in [-0.2, 0) is 14.8 Å². The molecule has 3 aromatic carbocycles. The first-order chi connectivity index (χ1) is 16.1. The lowest BCUT2D eigenvalue weighted by molar-refractivity contribution is -0.119. The Labute approximate surface area is 206 Å². The lowest BCUT2D eigenvalue weighted by Gasteiger charge is -2.26. The van der Waals surface area contributed by atoms with E-state index in [-0.39, 0.29) is 24.6 Å². The second kappa shape index (κ2) is 10.9. The van der Waals surface area contributed by atoms with Crippen LogP contribution in [0.3, 0.4) is 0 Å². The molecule has 0 aliphatic rings. The monoisotopic (exact) mass is 500 g/mol. The molecule has 8 heteroatoms. The van der Waals surface area contributed by atoms with Crippen LogP contribution in [0.15, 0.2) is 65.6 Å². The number of anilines is 1. The Kier molecular flexibility index (Phi) is 8.23. The number of benzene rings is 3. The number of hydrogen-bond acceptors (Lipinski definition) is 4. The Hall–Kier alpha value is -3.03. The number of nitrogens with zero attached hydrogens (tertiary/aromatic N) is 1. The zero-order valence-corrected chi connectivity index (χ0v) is 21.3. The van der Waals surface area contributed by atoms with E-state index in [1.807, 2.05) is 39.0 Å². The predicted octanol–water partition coefficient (Wildman–Crippen LogP) is 4.96. The number of carbonyl (C=O) groups excluding carboxylic acids is 1. The number of hydrogen-bond donors (Lipinski definition) is 1. The second-order valence-electron chi connectivity index (χ2n) is 8.18. The number of sulfonamides is 1. The summed E-state index contributed by atoms with van der Waals surface area (Å²) in [5.74, 6) is 0.312. The van der Waals surface area contributed by atoms with E-state index in [2.05, 4.69) is 5.32 Å². The maximum atomic E-state index is 13.5. The molecule has 0 aliphatic carbocycles. The molecule has 6 nitrogen and oxygen atoms in total.